The summed E-state index contributed by atoms with van der Waals surface area (Å²) in [4.78, 5) is 35.6. The number of carboxylic acid groups (broad SMARTS) is 1. The largest absolute Gasteiger partial charge is 0.481 e. The molecule has 1 aromatic carbocycles. The van der Waals surface area contributed by atoms with E-state index < -0.39 is 18.0 Å². The van der Waals surface area contributed by atoms with Crippen LogP contribution in [0, 0.1) is 0 Å². The number of hydrogen-bond donors (Lipinski definition) is 3. The zero-order chi connectivity index (χ0) is 16.0. The van der Waals surface area contributed by atoms with E-state index >= 15 is 0 Å². The fraction of sp³-hybridized carbons (Fsp3) is 0.357. The Bertz CT molecular complexity index is 543. The van der Waals surface area contributed by atoms with Gasteiger partial charge in [-0.05, 0) is 18.6 Å². The molecule has 3 N–H and O–H groups in total. The van der Waals surface area contributed by atoms with Crippen molar-refractivity contribution in [3.8, 4) is 0 Å². The van der Waals surface area contributed by atoms with Gasteiger partial charge >= 0.3 is 12.0 Å². The average Bonchev–Trinajstić information content (AvgIpc) is 2.39. The van der Waals surface area contributed by atoms with Crippen molar-refractivity contribution in [2.75, 3.05) is 19.4 Å². The summed E-state index contributed by atoms with van der Waals surface area (Å²) in [5.41, 5.74) is 0.897. The quantitative estimate of drug-likeness (QED) is 0.751. The maximum Gasteiger partial charge on any atom is 0.319 e. The number of carboxylic acids is 1. The molecule has 0 fully saturated rings. The van der Waals surface area contributed by atoms with Crippen LogP contribution in [0.4, 0.5) is 10.5 Å². The Morgan fingerprint density at radius 2 is 1.86 bits per heavy atom. The van der Waals surface area contributed by atoms with Crippen LogP contribution in [0.5, 0.6) is 0 Å². The number of carbonyl (C=O) groups is 3. The molecule has 0 heterocycles. The third-order valence-electron chi connectivity index (χ3n) is 2.77. The highest BCUT2D eigenvalue weighted by atomic mass is 16.4. The Morgan fingerprint density at radius 1 is 1.24 bits per heavy atom. The van der Waals surface area contributed by atoms with E-state index in [1.807, 2.05) is 0 Å². The van der Waals surface area contributed by atoms with Gasteiger partial charge in [-0.25, -0.2) is 4.79 Å². The highest BCUT2D eigenvalue weighted by molar-refractivity contribution is 5.94. The molecule has 0 saturated carbocycles. The average molecular weight is 293 g/mol. The maximum absolute atomic E-state index is 11.8. The topological polar surface area (TPSA) is 98.7 Å². The van der Waals surface area contributed by atoms with Crippen LogP contribution < -0.4 is 10.6 Å². The first-order valence-electron chi connectivity index (χ1n) is 6.39. The molecule has 21 heavy (non-hydrogen) atoms. The summed E-state index contributed by atoms with van der Waals surface area (Å²) in [5.74, 6) is -1.22. The smallest absolute Gasteiger partial charge is 0.319 e. The van der Waals surface area contributed by atoms with Gasteiger partial charge in [0.2, 0.25) is 5.91 Å². The number of anilines is 1. The van der Waals surface area contributed by atoms with E-state index in [0.717, 1.165) is 0 Å². The molecule has 1 rings (SSSR count). The Kier molecular flexibility index (Phi) is 5.71. The van der Waals surface area contributed by atoms with Crippen LogP contribution in [0.15, 0.2) is 24.3 Å². The summed E-state index contributed by atoms with van der Waals surface area (Å²) in [6, 6.07) is 5.38. The lowest BCUT2D eigenvalue weighted by molar-refractivity contribution is -0.136. The molecule has 0 saturated heterocycles. The minimum Gasteiger partial charge on any atom is -0.481 e. The minimum atomic E-state index is -0.985. The van der Waals surface area contributed by atoms with Gasteiger partial charge in [0.25, 0.3) is 0 Å². The Morgan fingerprint density at radius 3 is 2.43 bits per heavy atom. The second-order valence-corrected chi connectivity index (χ2v) is 4.78. The van der Waals surface area contributed by atoms with Crippen LogP contribution in [-0.2, 0) is 16.0 Å². The van der Waals surface area contributed by atoms with Crippen LogP contribution in [0.1, 0.15) is 12.5 Å². The second-order valence-electron chi connectivity index (χ2n) is 4.78. The highest BCUT2D eigenvalue weighted by Crippen LogP contribution is 2.15. The number of carbonyl (C=O) groups excluding carboxylic acids is 2. The fourth-order valence-electron chi connectivity index (χ4n) is 1.76. The lowest BCUT2D eigenvalue weighted by Crippen LogP contribution is -2.45. The molecule has 1 atom stereocenters. The van der Waals surface area contributed by atoms with E-state index in [2.05, 4.69) is 10.6 Å². The third kappa shape index (κ3) is 5.13. The fourth-order valence-corrected chi connectivity index (χ4v) is 1.76. The number of amides is 3. The predicted octanol–water partition coefficient (Wildman–Crippen LogP) is 0.912. The summed E-state index contributed by atoms with van der Waals surface area (Å²) in [5, 5.41) is 13.9. The first-order chi connectivity index (χ1) is 9.81. The van der Waals surface area contributed by atoms with Crippen molar-refractivity contribution in [1.29, 1.82) is 0 Å². The normalized spacial score (nSPS) is 11.4. The van der Waals surface area contributed by atoms with Crippen LogP contribution >= 0.6 is 0 Å². The molecular weight excluding hydrogens is 274 g/mol. The van der Waals surface area contributed by atoms with Gasteiger partial charge in [-0.1, -0.05) is 18.2 Å². The number of nitrogens with zero attached hydrogens (tertiary/aromatic N) is 1. The zero-order valence-electron chi connectivity index (χ0n) is 12.2. The SMILES string of the molecule is CC(NC(=O)Nc1ccccc1CC(=O)O)C(=O)N(C)C. The van der Waals surface area contributed by atoms with Gasteiger partial charge < -0.3 is 20.6 Å². The Balaban J connectivity index is 2.71. The molecule has 1 aromatic rings. The number of nitrogens with one attached hydrogen (secondary N) is 2. The van der Waals surface area contributed by atoms with Crippen molar-refractivity contribution in [3.63, 3.8) is 0 Å². The monoisotopic (exact) mass is 293 g/mol. The zero-order valence-corrected chi connectivity index (χ0v) is 12.2. The Hall–Kier alpha value is -2.57. The van der Waals surface area contributed by atoms with Crippen molar-refractivity contribution < 1.29 is 19.5 Å². The van der Waals surface area contributed by atoms with Crippen molar-refractivity contribution in [2.24, 2.45) is 0 Å². The van der Waals surface area contributed by atoms with E-state index in [0.29, 0.717) is 11.3 Å². The molecule has 7 nitrogen and oxygen atoms in total. The highest BCUT2D eigenvalue weighted by Gasteiger charge is 2.17. The summed E-state index contributed by atoms with van der Waals surface area (Å²) < 4.78 is 0. The molecule has 0 aromatic heterocycles. The van der Waals surface area contributed by atoms with Crippen LogP contribution in [0.2, 0.25) is 0 Å². The molecule has 7 heteroatoms. The number of likely N-dealkylation sites (N-methyl/N-ethyl adjacent to an activating group) is 1. The van der Waals surface area contributed by atoms with Gasteiger partial charge in [0.05, 0.1) is 6.42 Å². The standard InChI is InChI=1S/C14H19N3O4/c1-9(13(20)17(2)3)15-14(21)16-11-7-5-4-6-10(11)8-12(18)19/h4-7,9H,8H2,1-3H3,(H,18,19)(H2,15,16,21). The van der Waals surface area contributed by atoms with Crippen LogP contribution in [0.3, 0.4) is 0 Å². The number of urea groups is 1. The first-order valence-corrected chi connectivity index (χ1v) is 6.39. The van der Waals surface area contributed by atoms with E-state index in [4.69, 9.17) is 5.11 Å². The summed E-state index contributed by atoms with van der Waals surface area (Å²) >= 11 is 0. The molecule has 3 amide bonds. The molecule has 0 aliphatic heterocycles. The van der Waals surface area contributed by atoms with Crippen LogP contribution in [0.25, 0.3) is 0 Å². The van der Waals surface area contributed by atoms with Gasteiger partial charge in [0.15, 0.2) is 0 Å². The van der Waals surface area contributed by atoms with Gasteiger partial charge in [-0.3, -0.25) is 9.59 Å². The van der Waals surface area contributed by atoms with Crippen molar-refractivity contribution >= 4 is 23.6 Å². The third-order valence-corrected chi connectivity index (χ3v) is 2.77. The number of rotatable bonds is 5. The second kappa shape index (κ2) is 7.28. The maximum atomic E-state index is 11.8. The van der Waals surface area contributed by atoms with Crippen molar-refractivity contribution in [2.45, 2.75) is 19.4 Å². The van der Waals surface area contributed by atoms with E-state index in [9.17, 15) is 14.4 Å². The summed E-state index contributed by atoms with van der Waals surface area (Å²) in [6.07, 6.45) is -0.192. The van der Waals surface area contributed by atoms with Gasteiger partial charge in [-0.15, -0.1) is 0 Å². The number of para-hydroxylation sites is 1. The molecular formula is C14H19N3O4. The van der Waals surface area contributed by atoms with Crippen LogP contribution in [-0.4, -0.2) is 48.1 Å². The molecule has 1 unspecified atom stereocenters. The molecule has 0 bridgehead atoms. The molecule has 0 aliphatic carbocycles. The van der Waals surface area contributed by atoms with Crippen molar-refractivity contribution in [1.82, 2.24) is 10.2 Å². The first kappa shape index (κ1) is 16.5. The van der Waals surface area contributed by atoms with E-state index in [-0.39, 0.29) is 12.3 Å². The predicted molar refractivity (Wildman–Crippen MR) is 78.1 cm³/mol. The van der Waals surface area contributed by atoms with Crippen molar-refractivity contribution in [3.05, 3.63) is 29.8 Å². The summed E-state index contributed by atoms with van der Waals surface area (Å²) in [7, 11) is 3.20. The number of benzene rings is 1. The van der Waals surface area contributed by atoms with Gasteiger partial charge in [0.1, 0.15) is 6.04 Å². The number of aliphatic carboxylic acids is 1. The number of hydrogen-bond acceptors (Lipinski definition) is 3. The molecule has 0 spiro atoms. The minimum absolute atomic E-state index is 0.192. The van der Waals surface area contributed by atoms with E-state index in [1.165, 1.54) is 4.90 Å². The lowest BCUT2D eigenvalue weighted by Gasteiger charge is -2.18. The Labute approximate surface area is 122 Å². The molecule has 114 valence electrons. The summed E-state index contributed by atoms with van der Waals surface area (Å²) in [6.45, 7) is 1.57. The van der Waals surface area contributed by atoms with E-state index in [1.54, 1.807) is 45.3 Å². The van der Waals surface area contributed by atoms with Gasteiger partial charge in [-0.2, -0.15) is 0 Å². The lowest BCUT2D eigenvalue weighted by atomic mass is 10.1. The molecule has 0 aliphatic rings. The molecule has 0 radical (unpaired) electrons. The van der Waals surface area contributed by atoms with Gasteiger partial charge in [0, 0.05) is 19.8 Å².